The standard InChI is InChI=1S/C16H15N3O4S/c20-13(21)7-9-1-5-11(6-2-9)17-15(23)12-8-24-16(18-12)19-14(22)10-3-4-10/h1-2,5-6,8,10H,3-4,7H2,(H,17,23)(H,20,21)(H,18,19,22). The van der Waals surface area contributed by atoms with Crippen LogP contribution in [0, 0.1) is 5.92 Å². The van der Waals surface area contributed by atoms with Crippen LogP contribution in [-0.2, 0) is 16.0 Å². The second-order valence-electron chi connectivity index (χ2n) is 5.52. The van der Waals surface area contributed by atoms with E-state index in [0.29, 0.717) is 16.4 Å². The van der Waals surface area contributed by atoms with E-state index in [9.17, 15) is 14.4 Å². The van der Waals surface area contributed by atoms with Crippen molar-refractivity contribution in [1.29, 1.82) is 0 Å². The first-order valence-electron chi connectivity index (χ1n) is 7.40. The van der Waals surface area contributed by atoms with E-state index in [2.05, 4.69) is 15.6 Å². The minimum absolute atomic E-state index is 0.0506. The lowest BCUT2D eigenvalue weighted by molar-refractivity contribution is -0.136. The van der Waals surface area contributed by atoms with Gasteiger partial charge in [-0.05, 0) is 30.5 Å². The fraction of sp³-hybridized carbons (Fsp3) is 0.250. The minimum atomic E-state index is -0.907. The summed E-state index contributed by atoms with van der Waals surface area (Å²) in [6.45, 7) is 0. The number of carboxylic acid groups (broad SMARTS) is 1. The number of benzene rings is 1. The van der Waals surface area contributed by atoms with Gasteiger partial charge in [0.1, 0.15) is 5.69 Å². The summed E-state index contributed by atoms with van der Waals surface area (Å²) >= 11 is 1.20. The predicted octanol–water partition coefficient (Wildman–Crippen LogP) is 2.37. The zero-order valence-corrected chi connectivity index (χ0v) is 13.4. The van der Waals surface area contributed by atoms with Crippen LogP contribution in [0.25, 0.3) is 0 Å². The van der Waals surface area contributed by atoms with Crippen LogP contribution in [0.15, 0.2) is 29.6 Å². The zero-order valence-electron chi connectivity index (χ0n) is 12.6. The van der Waals surface area contributed by atoms with Crippen molar-refractivity contribution in [2.75, 3.05) is 10.6 Å². The maximum atomic E-state index is 12.1. The van der Waals surface area contributed by atoms with Crippen LogP contribution in [0.3, 0.4) is 0 Å². The molecule has 0 atom stereocenters. The molecule has 1 aromatic carbocycles. The largest absolute Gasteiger partial charge is 0.481 e. The molecule has 1 aliphatic rings. The van der Waals surface area contributed by atoms with Gasteiger partial charge in [-0.3, -0.25) is 14.4 Å². The Morgan fingerprint density at radius 1 is 1.17 bits per heavy atom. The highest BCUT2D eigenvalue weighted by Gasteiger charge is 2.30. The molecule has 2 aromatic rings. The van der Waals surface area contributed by atoms with E-state index in [1.165, 1.54) is 11.3 Å². The van der Waals surface area contributed by atoms with Gasteiger partial charge in [-0.2, -0.15) is 0 Å². The molecule has 124 valence electrons. The first-order valence-corrected chi connectivity index (χ1v) is 8.27. The van der Waals surface area contributed by atoms with E-state index in [1.54, 1.807) is 29.6 Å². The van der Waals surface area contributed by atoms with Gasteiger partial charge in [0.15, 0.2) is 5.13 Å². The van der Waals surface area contributed by atoms with Gasteiger partial charge in [0.25, 0.3) is 5.91 Å². The number of amides is 2. The Morgan fingerprint density at radius 2 is 1.88 bits per heavy atom. The summed E-state index contributed by atoms with van der Waals surface area (Å²) in [7, 11) is 0. The maximum Gasteiger partial charge on any atom is 0.307 e. The summed E-state index contributed by atoms with van der Waals surface area (Å²) in [6.07, 6.45) is 1.75. The summed E-state index contributed by atoms with van der Waals surface area (Å²) in [4.78, 5) is 38.6. The van der Waals surface area contributed by atoms with Gasteiger partial charge in [-0.25, -0.2) is 4.98 Å². The van der Waals surface area contributed by atoms with Crippen molar-refractivity contribution in [2.45, 2.75) is 19.3 Å². The van der Waals surface area contributed by atoms with Gasteiger partial charge in [0.05, 0.1) is 6.42 Å². The van der Waals surface area contributed by atoms with Crippen molar-refractivity contribution in [2.24, 2.45) is 5.92 Å². The molecule has 0 spiro atoms. The SMILES string of the molecule is O=C(O)Cc1ccc(NC(=O)c2csc(NC(=O)C3CC3)n2)cc1. The highest BCUT2D eigenvalue weighted by molar-refractivity contribution is 7.14. The molecule has 0 saturated heterocycles. The Hall–Kier alpha value is -2.74. The van der Waals surface area contributed by atoms with E-state index in [-0.39, 0.29) is 29.8 Å². The number of rotatable bonds is 6. The Labute approximate surface area is 141 Å². The van der Waals surface area contributed by atoms with Gasteiger partial charge in [0.2, 0.25) is 5.91 Å². The van der Waals surface area contributed by atoms with Gasteiger partial charge < -0.3 is 15.7 Å². The molecular weight excluding hydrogens is 330 g/mol. The predicted molar refractivity (Wildman–Crippen MR) is 89.2 cm³/mol. The number of aliphatic carboxylic acids is 1. The van der Waals surface area contributed by atoms with Gasteiger partial charge in [0, 0.05) is 17.0 Å². The monoisotopic (exact) mass is 345 g/mol. The molecule has 0 radical (unpaired) electrons. The number of hydrogen-bond acceptors (Lipinski definition) is 5. The molecule has 7 nitrogen and oxygen atoms in total. The summed E-state index contributed by atoms with van der Waals surface area (Å²) < 4.78 is 0. The Bertz CT molecular complexity index is 781. The number of carbonyl (C=O) groups is 3. The molecule has 8 heteroatoms. The van der Waals surface area contributed by atoms with Crippen molar-refractivity contribution >= 4 is 39.9 Å². The van der Waals surface area contributed by atoms with Crippen molar-refractivity contribution in [1.82, 2.24) is 4.98 Å². The quantitative estimate of drug-likeness (QED) is 0.745. The number of aromatic nitrogens is 1. The number of carbonyl (C=O) groups excluding carboxylic acids is 2. The first-order chi connectivity index (χ1) is 11.5. The van der Waals surface area contributed by atoms with E-state index < -0.39 is 5.97 Å². The Kier molecular flexibility index (Phi) is 4.57. The summed E-state index contributed by atoms with van der Waals surface area (Å²) in [5, 5.41) is 16.1. The fourth-order valence-electron chi connectivity index (χ4n) is 2.06. The van der Waals surface area contributed by atoms with Gasteiger partial charge >= 0.3 is 5.97 Å². The molecule has 1 saturated carbocycles. The van der Waals surface area contributed by atoms with Crippen LogP contribution in [0.2, 0.25) is 0 Å². The molecule has 2 amide bonds. The van der Waals surface area contributed by atoms with Gasteiger partial charge in [-0.1, -0.05) is 12.1 Å². The molecule has 1 fully saturated rings. The van der Waals surface area contributed by atoms with Crippen LogP contribution in [0.1, 0.15) is 28.9 Å². The lowest BCUT2D eigenvalue weighted by Gasteiger charge is -2.04. The topological polar surface area (TPSA) is 108 Å². The normalized spacial score (nSPS) is 13.3. The van der Waals surface area contributed by atoms with Crippen molar-refractivity contribution in [3.05, 3.63) is 40.9 Å². The summed E-state index contributed by atoms with van der Waals surface area (Å²) in [5.74, 6) is -1.26. The fourth-order valence-corrected chi connectivity index (χ4v) is 2.76. The molecule has 1 aromatic heterocycles. The molecule has 3 N–H and O–H groups in total. The number of carboxylic acids is 1. The van der Waals surface area contributed by atoms with Gasteiger partial charge in [-0.15, -0.1) is 11.3 Å². The van der Waals surface area contributed by atoms with E-state index >= 15 is 0 Å². The Morgan fingerprint density at radius 3 is 2.50 bits per heavy atom. The third-order valence-corrected chi connectivity index (χ3v) is 4.24. The number of nitrogens with one attached hydrogen (secondary N) is 2. The second kappa shape index (κ2) is 6.79. The summed E-state index contributed by atoms with van der Waals surface area (Å²) in [5.41, 5.74) is 1.42. The van der Waals surface area contributed by atoms with E-state index in [1.807, 2.05) is 0 Å². The number of hydrogen-bond donors (Lipinski definition) is 3. The lowest BCUT2D eigenvalue weighted by atomic mass is 10.1. The zero-order chi connectivity index (χ0) is 17.1. The second-order valence-corrected chi connectivity index (χ2v) is 6.38. The number of nitrogens with zero attached hydrogens (tertiary/aromatic N) is 1. The first kappa shape index (κ1) is 16.1. The molecule has 1 aliphatic carbocycles. The third kappa shape index (κ3) is 4.17. The molecule has 3 rings (SSSR count). The van der Waals surface area contributed by atoms with Crippen molar-refractivity contribution in [3.63, 3.8) is 0 Å². The van der Waals surface area contributed by atoms with Crippen LogP contribution >= 0.6 is 11.3 Å². The molecule has 1 heterocycles. The van der Waals surface area contributed by atoms with Crippen molar-refractivity contribution in [3.8, 4) is 0 Å². The number of thiazole rings is 1. The molecule has 0 bridgehead atoms. The number of anilines is 2. The molecule has 0 unspecified atom stereocenters. The molecule has 0 aliphatic heterocycles. The molecular formula is C16H15N3O4S. The average molecular weight is 345 g/mol. The van der Waals surface area contributed by atoms with Crippen LogP contribution < -0.4 is 10.6 Å². The van der Waals surface area contributed by atoms with Crippen LogP contribution in [-0.4, -0.2) is 27.9 Å². The average Bonchev–Trinajstić information content (AvgIpc) is 3.29. The summed E-state index contributed by atoms with van der Waals surface area (Å²) in [6, 6.07) is 6.56. The lowest BCUT2D eigenvalue weighted by Crippen LogP contribution is -2.15. The van der Waals surface area contributed by atoms with E-state index in [4.69, 9.17) is 5.11 Å². The van der Waals surface area contributed by atoms with Crippen LogP contribution in [0.5, 0.6) is 0 Å². The maximum absolute atomic E-state index is 12.1. The minimum Gasteiger partial charge on any atom is -0.481 e. The van der Waals surface area contributed by atoms with Crippen LogP contribution in [0.4, 0.5) is 10.8 Å². The molecule has 24 heavy (non-hydrogen) atoms. The van der Waals surface area contributed by atoms with Crippen molar-refractivity contribution < 1.29 is 19.5 Å². The van der Waals surface area contributed by atoms with E-state index in [0.717, 1.165) is 12.8 Å². The smallest absolute Gasteiger partial charge is 0.307 e. The Balaban J connectivity index is 1.59. The highest BCUT2D eigenvalue weighted by Crippen LogP contribution is 2.30. The highest BCUT2D eigenvalue weighted by atomic mass is 32.1. The third-order valence-electron chi connectivity index (χ3n) is 3.48.